The van der Waals surface area contributed by atoms with Gasteiger partial charge < -0.3 is 19.5 Å². The third-order valence-electron chi connectivity index (χ3n) is 3.26. The zero-order chi connectivity index (χ0) is 14.7. The van der Waals surface area contributed by atoms with Crippen LogP contribution in [0.1, 0.15) is 5.56 Å². The molecule has 0 spiro atoms. The first kappa shape index (κ1) is 13.9. The number of hydrogen-bond donors (Lipinski definition) is 1. The fourth-order valence-corrected chi connectivity index (χ4v) is 2.44. The van der Waals surface area contributed by atoms with E-state index < -0.39 is 0 Å². The Balaban J connectivity index is 1.68. The Morgan fingerprint density at radius 3 is 2.67 bits per heavy atom. The van der Waals surface area contributed by atoms with E-state index in [0.717, 1.165) is 22.7 Å². The number of fused-ring (bicyclic) bond motifs is 1. The average Bonchev–Trinajstić information content (AvgIpc) is 2.53. The number of hydrogen-bond acceptors (Lipinski definition) is 4. The third-order valence-corrected chi connectivity index (χ3v) is 3.55. The molecule has 1 N–H and O–H groups in total. The van der Waals surface area contributed by atoms with Crippen LogP contribution in [0.3, 0.4) is 0 Å². The van der Waals surface area contributed by atoms with E-state index in [4.69, 9.17) is 25.8 Å². The van der Waals surface area contributed by atoms with Crippen molar-refractivity contribution in [1.29, 1.82) is 0 Å². The zero-order valence-electron chi connectivity index (χ0n) is 11.7. The SMILES string of the molecule is COc1ccc(NCc2ccc3c(c2)OCCO3)cc1Cl. The summed E-state index contributed by atoms with van der Waals surface area (Å²) in [5.74, 6) is 2.27. The fraction of sp³-hybridized carbons (Fsp3) is 0.250. The number of methoxy groups -OCH3 is 1. The van der Waals surface area contributed by atoms with E-state index >= 15 is 0 Å². The molecular weight excluding hydrogens is 290 g/mol. The topological polar surface area (TPSA) is 39.7 Å². The number of anilines is 1. The van der Waals surface area contributed by atoms with Crippen LogP contribution in [0.5, 0.6) is 17.2 Å². The van der Waals surface area contributed by atoms with E-state index in [2.05, 4.69) is 5.32 Å². The summed E-state index contributed by atoms with van der Waals surface area (Å²) >= 11 is 6.10. The van der Waals surface area contributed by atoms with Crippen LogP contribution in [-0.4, -0.2) is 20.3 Å². The van der Waals surface area contributed by atoms with E-state index in [1.54, 1.807) is 7.11 Å². The highest BCUT2D eigenvalue weighted by Crippen LogP contribution is 2.31. The van der Waals surface area contributed by atoms with Gasteiger partial charge in [0.15, 0.2) is 11.5 Å². The highest BCUT2D eigenvalue weighted by Gasteiger charge is 2.11. The maximum absolute atomic E-state index is 6.10. The highest BCUT2D eigenvalue weighted by atomic mass is 35.5. The Morgan fingerprint density at radius 2 is 1.90 bits per heavy atom. The molecule has 0 saturated carbocycles. The zero-order valence-corrected chi connectivity index (χ0v) is 12.4. The number of rotatable bonds is 4. The number of nitrogens with one attached hydrogen (secondary N) is 1. The molecule has 0 unspecified atom stereocenters. The minimum absolute atomic E-state index is 0.588. The first-order valence-corrected chi connectivity index (χ1v) is 7.10. The summed E-state index contributed by atoms with van der Waals surface area (Å²) in [5.41, 5.74) is 2.06. The summed E-state index contributed by atoms with van der Waals surface area (Å²) in [6.45, 7) is 1.88. The molecule has 0 radical (unpaired) electrons. The normalized spacial score (nSPS) is 12.9. The maximum atomic E-state index is 6.10. The molecule has 21 heavy (non-hydrogen) atoms. The van der Waals surface area contributed by atoms with E-state index in [-0.39, 0.29) is 0 Å². The molecule has 0 fully saturated rings. The molecule has 5 heteroatoms. The lowest BCUT2D eigenvalue weighted by Crippen LogP contribution is -2.15. The average molecular weight is 306 g/mol. The van der Waals surface area contributed by atoms with Crippen molar-refractivity contribution < 1.29 is 14.2 Å². The van der Waals surface area contributed by atoms with E-state index in [1.165, 1.54) is 0 Å². The van der Waals surface area contributed by atoms with Crippen molar-refractivity contribution in [1.82, 2.24) is 0 Å². The van der Waals surface area contributed by atoms with E-state index in [0.29, 0.717) is 30.5 Å². The summed E-state index contributed by atoms with van der Waals surface area (Å²) in [6.07, 6.45) is 0. The van der Waals surface area contributed by atoms with Gasteiger partial charge in [0, 0.05) is 12.2 Å². The predicted octanol–water partition coefficient (Wildman–Crippen LogP) is 3.73. The van der Waals surface area contributed by atoms with Gasteiger partial charge in [0.25, 0.3) is 0 Å². The quantitative estimate of drug-likeness (QED) is 0.934. The second kappa shape index (κ2) is 6.14. The lowest BCUT2D eigenvalue weighted by molar-refractivity contribution is 0.171. The summed E-state index contributed by atoms with van der Waals surface area (Å²) in [7, 11) is 1.60. The van der Waals surface area contributed by atoms with Crippen molar-refractivity contribution in [3.05, 3.63) is 47.0 Å². The van der Waals surface area contributed by atoms with Gasteiger partial charge in [0.05, 0.1) is 12.1 Å². The molecule has 0 bridgehead atoms. The molecule has 0 saturated heterocycles. The van der Waals surface area contributed by atoms with Crippen LogP contribution in [0.2, 0.25) is 5.02 Å². The van der Waals surface area contributed by atoms with Crippen molar-refractivity contribution in [2.75, 3.05) is 25.6 Å². The predicted molar refractivity (Wildman–Crippen MR) is 82.8 cm³/mol. The standard InChI is InChI=1S/C16H16ClNO3/c1-19-14-5-3-12(9-13(14)17)18-10-11-2-4-15-16(8-11)21-7-6-20-15/h2-5,8-9,18H,6-7,10H2,1H3. The van der Waals surface area contributed by atoms with E-state index in [9.17, 15) is 0 Å². The van der Waals surface area contributed by atoms with Crippen molar-refractivity contribution in [3.8, 4) is 17.2 Å². The lowest BCUT2D eigenvalue weighted by Gasteiger charge is -2.19. The lowest BCUT2D eigenvalue weighted by atomic mass is 10.2. The van der Waals surface area contributed by atoms with Crippen LogP contribution < -0.4 is 19.5 Å². The molecule has 1 aliphatic rings. The van der Waals surface area contributed by atoms with Crippen LogP contribution in [0.15, 0.2) is 36.4 Å². The van der Waals surface area contributed by atoms with Gasteiger partial charge >= 0.3 is 0 Å². The van der Waals surface area contributed by atoms with Crippen LogP contribution in [0.25, 0.3) is 0 Å². The molecule has 1 aliphatic heterocycles. The van der Waals surface area contributed by atoms with Gasteiger partial charge in [-0.25, -0.2) is 0 Å². The minimum Gasteiger partial charge on any atom is -0.495 e. The minimum atomic E-state index is 0.588. The molecule has 2 aromatic carbocycles. The summed E-state index contributed by atoms with van der Waals surface area (Å²) in [5, 5.41) is 3.91. The Hall–Kier alpha value is -2.07. The molecule has 3 rings (SSSR count). The summed E-state index contributed by atoms with van der Waals surface area (Å²) < 4.78 is 16.2. The fourth-order valence-electron chi connectivity index (χ4n) is 2.18. The second-order valence-corrected chi connectivity index (χ2v) is 5.09. The van der Waals surface area contributed by atoms with Crippen molar-refractivity contribution in [3.63, 3.8) is 0 Å². The van der Waals surface area contributed by atoms with Gasteiger partial charge in [-0.05, 0) is 35.9 Å². The van der Waals surface area contributed by atoms with Crippen LogP contribution in [0.4, 0.5) is 5.69 Å². The first-order chi connectivity index (χ1) is 10.3. The van der Waals surface area contributed by atoms with Crippen molar-refractivity contribution in [2.24, 2.45) is 0 Å². The number of ether oxygens (including phenoxy) is 3. The van der Waals surface area contributed by atoms with Crippen LogP contribution in [-0.2, 0) is 6.54 Å². The molecule has 0 atom stereocenters. The van der Waals surface area contributed by atoms with Crippen molar-refractivity contribution in [2.45, 2.75) is 6.54 Å². The number of benzene rings is 2. The Morgan fingerprint density at radius 1 is 1.10 bits per heavy atom. The van der Waals surface area contributed by atoms with Gasteiger partial charge in [-0.1, -0.05) is 17.7 Å². The van der Waals surface area contributed by atoms with Gasteiger partial charge in [-0.2, -0.15) is 0 Å². The van der Waals surface area contributed by atoms with Gasteiger partial charge in [0.2, 0.25) is 0 Å². The number of halogens is 1. The largest absolute Gasteiger partial charge is 0.495 e. The van der Waals surface area contributed by atoms with Gasteiger partial charge in [0.1, 0.15) is 19.0 Å². The van der Waals surface area contributed by atoms with E-state index in [1.807, 2.05) is 36.4 Å². The Labute approximate surface area is 128 Å². The molecular formula is C16H16ClNO3. The molecule has 0 amide bonds. The van der Waals surface area contributed by atoms with Crippen LogP contribution >= 0.6 is 11.6 Å². The summed E-state index contributed by atoms with van der Waals surface area (Å²) in [4.78, 5) is 0. The second-order valence-electron chi connectivity index (χ2n) is 4.68. The molecule has 2 aromatic rings. The molecule has 110 valence electrons. The third kappa shape index (κ3) is 3.16. The Bertz CT molecular complexity index is 645. The molecule has 4 nitrogen and oxygen atoms in total. The van der Waals surface area contributed by atoms with Gasteiger partial charge in [-0.3, -0.25) is 0 Å². The summed E-state index contributed by atoms with van der Waals surface area (Å²) in [6, 6.07) is 11.6. The maximum Gasteiger partial charge on any atom is 0.161 e. The molecule has 0 aromatic heterocycles. The smallest absolute Gasteiger partial charge is 0.161 e. The first-order valence-electron chi connectivity index (χ1n) is 6.72. The Kier molecular flexibility index (Phi) is 4.06. The monoisotopic (exact) mass is 305 g/mol. The molecule has 0 aliphatic carbocycles. The molecule has 1 heterocycles. The van der Waals surface area contributed by atoms with Gasteiger partial charge in [-0.15, -0.1) is 0 Å². The van der Waals surface area contributed by atoms with Crippen LogP contribution in [0, 0.1) is 0 Å². The highest BCUT2D eigenvalue weighted by molar-refractivity contribution is 6.32. The van der Waals surface area contributed by atoms with Crippen molar-refractivity contribution >= 4 is 17.3 Å².